The Hall–Kier alpha value is -4.52. The number of rotatable bonds is 6. The molecule has 0 saturated carbocycles. The van der Waals surface area contributed by atoms with Crippen LogP contribution in [0, 0.1) is 21.4 Å². The molecule has 4 rings (SSSR count). The Balaban J connectivity index is 1.89. The van der Waals surface area contributed by atoms with Gasteiger partial charge >= 0.3 is 0 Å². The summed E-state index contributed by atoms with van der Waals surface area (Å²) in [5.41, 5.74) is 8.75. The average molecular weight is 433 g/mol. The molecule has 32 heavy (non-hydrogen) atoms. The number of methoxy groups -OCH3 is 1. The van der Waals surface area contributed by atoms with Crippen LogP contribution in [0.15, 0.2) is 53.9 Å². The number of aromatic amines is 1. The van der Waals surface area contributed by atoms with Gasteiger partial charge in [0.1, 0.15) is 11.6 Å². The summed E-state index contributed by atoms with van der Waals surface area (Å²) < 4.78 is 16.7. The second-order valence-electron chi connectivity index (χ2n) is 6.89. The third-order valence-corrected chi connectivity index (χ3v) is 5.13. The summed E-state index contributed by atoms with van der Waals surface area (Å²) in [5, 5.41) is 28.0. The first-order valence-corrected chi connectivity index (χ1v) is 9.69. The second kappa shape index (κ2) is 8.31. The summed E-state index contributed by atoms with van der Waals surface area (Å²) in [7, 11) is 1.55. The zero-order valence-corrected chi connectivity index (χ0v) is 17.3. The molecule has 0 radical (unpaired) electrons. The fourth-order valence-corrected chi connectivity index (χ4v) is 3.69. The van der Waals surface area contributed by atoms with E-state index in [4.69, 9.17) is 19.9 Å². The Morgan fingerprint density at radius 1 is 1.28 bits per heavy atom. The predicted molar refractivity (Wildman–Crippen MR) is 114 cm³/mol. The second-order valence-corrected chi connectivity index (χ2v) is 6.89. The van der Waals surface area contributed by atoms with Gasteiger partial charge in [0.2, 0.25) is 11.8 Å². The number of nitrogens with one attached hydrogen (secondary N) is 1. The molecule has 10 heteroatoms. The first-order valence-electron chi connectivity index (χ1n) is 9.69. The summed E-state index contributed by atoms with van der Waals surface area (Å²) in [5.74, 6) is 0.671. The zero-order chi connectivity index (χ0) is 22.8. The number of aromatic nitrogens is 2. The third kappa shape index (κ3) is 3.45. The molecule has 1 aliphatic heterocycles. The average Bonchev–Trinajstić information content (AvgIpc) is 3.21. The summed E-state index contributed by atoms with van der Waals surface area (Å²) in [6, 6.07) is 13.5. The fraction of sp³-hybridized carbons (Fsp3) is 0.182. The van der Waals surface area contributed by atoms with E-state index in [9.17, 15) is 15.4 Å². The maximum absolute atomic E-state index is 11.0. The Bertz CT molecular complexity index is 1260. The monoisotopic (exact) mass is 433 g/mol. The number of hydrogen-bond donors (Lipinski definition) is 2. The minimum atomic E-state index is -0.599. The van der Waals surface area contributed by atoms with Crippen molar-refractivity contribution in [3.8, 4) is 34.7 Å². The van der Waals surface area contributed by atoms with E-state index in [0.717, 1.165) is 5.56 Å². The van der Waals surface area contributed by atoms with Crippen molar-refractivity contribution in [3.05, 3.63) is 75.2 Å². The van der Waals surface area contributed by atoms with Gasteiger partial charge in [-0.2, -0.15) is 5.26 Å². The third-order valence-electron chi connectivity index (χ3n) is 5.13. The van der Waals surface area contributed by atoms with Gasteiger partial charge in [0.25, 0.3) is 5.69 Å². The number of nitro groups is 1. The summed E-state index contributed by atoms with van der Waals surface area (Å²) in [6.07, 6.45) is 0. The predicted octanol–water partition coefficient (Wildman–Crippen LogP) is 3.61. The largest absolute Gasteiger partial charge is 0.493 e. The highest BCUT2D eigenvalue weighted by Crippen LogP contribution is 2.47. The molecule has 3 N–H and O–H groups in total. The molecule has 2 heterocycles. The number of nitro benzene ring substituents is 1. The number of fused-ring (bicyclic) bond motifs is 1. The van der Waals surface area contributed by atoms with Crippen LogP contribution in [0.25, 0.3) is 11.3 Å². The molecule has 162 valence electrons. The molecule has 0 saturated heterocycles. The number of non-ortho nitro benzene ring substituents is 1. The maximum atomic E-state index is 11.0. The Labute approximate surface area is 183 Å². The van der Waals surface area contributed by atoms with Crippen molar-refractivity contribution < 1.29 is 19.1 Å². The van der Waals surface area contributed by atoms with Crippen LogP contribution in [-0.4, -0.2) is 28.8 Å². The fourth-order valence-electron chi connectivity index (χ4n) is 3.69. The molecule has 1 atom stereocenters. The van der Waals surface area contributed by atoms with E-state index in [1.54, 1.807) is 31.4 Å². The van der Waals surface area contributed by atoms with E-state index < -0.39 is 10.8 Å². The van der Waals surface area contributed by atoms with E-state index >= 15 is 0 Å². The number of benzene rings is 2. The first kappa shape index (κ1) is 20.7. The molecule has 0 bridgehead atoms. The van der Waals surface area contributed by atoms with Crippen molar-refractivity contribution in [2.45, 2.75) is 12.8 Å². The molecule has 2 aromatic carbocycles. The SMILES string of the molecule is CCOc1cc([C@@H]2C(C#N)=C(N)Oc3n[nH]c(-c4ccc([N+](=O)[O-])cc4)c32)ccc1OC. The lowest BCUT2D eigenvalue weighted by Gasteiger charge is -2.24. The number of nitrogens with zero attached hydrogens (tertiary/aromatic N) is 3. The van der Waals surface area contributed by atoms with Gasteiger partial charge in [-0.05, 0) is 36.8 Å². The van der Waals surface area contributed by atoms with Crippen LogP contribution in [0.2, 0.25) is 0 Å². The number of hydrogen-bond acceptors (Lipinski definition) is 8. The van der Waals surface area contributed by atoms with Crippen LogP contribution >= 0.6 is 0 Å². The minimum absolute atomic E-state index is 0.0340. The molecule has 0 amide bonds. The molecule has 0 unspecified atom stereocenters. The van der Waals surface area contributed by atoms with E-state index in [-0.39, 0.29) is 23.0 Å². The van der Waals surface area contributed by atoms with Crippen LogP contribution in [0.1, 0.15) is 24.0 Å². The number of nitrogens with two attached hydrogens (primary N) is 1. The van der Waals surface area contributed by atoms with E-state index in [1.165, 1.54) is 12.1 Å². The number of H-pyrrole nitrogens is 1. The summed E-state index contributed by atoms with van der Waals surface area (Å²) in [6.45, 7) is 2.29. The number of ether oxygens (including phenoxy) is 3. The Morgan fingerprint density at radius 3 is 2.66 bits per heavy atom. The van der Waals surface area contributed by atoms with Gasteiger partial charge in [-0.25, -0.2) is 0 Å². The van der Waals surface area contributed by atoms with Crippen molar-refractivity contribution >= 4 is 5.69 Å². The molecule has 10 nitrogen and oxygen atoms in total. The lowest BCUT2D eigenvalue weighted by molar-refractivity contribution is -0.384. The topological polar surface area (TPSA) is 149 Å². The van der Waals surface area contributed by atoms with Crippen molar-refractivity contribution in [3.63, 3.8) is 0 Å². The van der Waals surface area contributed by atoms with Crippen LogP contribution in [-0.2, 0) is 0 Å². The molecular formula is C22H19N5O5. The minimum Gasteiger partial charge on any atom is -0.493 e. The van der Waals surface area contributed by atoms with Crippen molar-refractivity contribution in [2.75, 3.05) is 13.7 Å². The normalized spacial score (nSPS) is 14.8. The highest BCUT2D eigenvalue weighted by Gasteiger charge is 2.36. The van der Waals surface area contributed by atoms with Crippen LogP contribution < -0.4 is 19.9 Å². The standard InChI is InChI=1S/C22H19N5O5/c1-3-31-17-10-13(6-9-16(17)30-2)18-15(11-23)21(24)32-22-19(18)20(25-26-22)12-4-7-14(8-5-12)27(28)29/h4-10,18H,3,24H2,1-2H3,(H,25,26)/t18-/m1/s1. The van der Waals surface area contributed by atoms with Crippen LogP contribution in [0.3, 0.4) is 0 Å². The molecule has 1 aromatic heterocycles. The van der Waals surface area contributed by atoms with Gasteiger partial charge in [0.05, 0.1) is 35.8 Å². The molecule has 0 aliphatic carbocycles. The van der Waals surface area contributed by atoms with Gasteiger partial charge < -0.3 is 19.9 Å². The quantitative estimate of drug-likeness (QED) is 0.442. The van der Waals surface area contributed by atoms with Crippen molar-refractivity contribution in [1.29, 1.82) is 5.26 Å². The highest BCUT2D eigenvalue weighted by atomic mass is 16.6. The summed E-state index contributed by atoms with van der Waals surface area (Å²) >= 11 is 0. The lowest BCUT2D eigenvalue weighted by Crippen LogP contribution is -2.21. The lowest BCUT2D eigenvalue weighted by atomic mass is 9.83. The Kier molecular flexibility index (Phi) is 5.39. The zero-order valence-electron chi connectivity index (χ0n) is 17.3. The molecular weight excluding hydrogens is 414 g/mol. The summed E-state index contributed by atoms with van der Waals surface area (Å²) in [4.78, 5) is 10.5. The smallest absolute Gasteiger partial charge is 0.269 e. The number of nitriles is 1. The van der Waals surface area contributed by atoms with Crippen LogP contribution in [0.5, 0.6) is 17.4 Å². The van der Waals surface area contributed by atoms with Gasteiger partial charge in [0, 0.05) is 17.7 Å². The highest BCUT2D eigenvalue weighted by molar-refractivity contribution is 5.71. The Morgan fingerprint density at radius 2 is 2.03 bits per heavy atom. The van der Waals surface area contributed by atoms with E-state index in [2.05, 4.69) is 16.3 Å². The van der Waals surface area contributed by atoms with Gasteiger partial charge in [-0.3, -0.25) is 15.2 Å². The molecule has 3 aromatic rings. The van der Waals surface area contributed by atoms with E-state index in [1.807, 2.05) is 13.0 Å². The molecule has 0 fully saturated rings. The van der Waals surface area contributed by atoms with Crippen molar-refractivity contribution in [2.24, 2.45) is 5.73 Å². The maximum Gasteiger partial charge on any atom is 0.269 e. The van der Waals surface area contributed by atoms with E-state index in [0.29, 0.717) is 34.9 Å². The van der Waals surface area contributed by atoms with Crippen LogP contribution in [0.4, 0.5) is 5.69 Å². The first-order chi connectivity index (χ1) is 15.5. The molecule has 0 spiro atoms. The van der Waals surface area contributed by atoms with Gasteiger partial charge in [-0.1, -0.05) is 6.07 Å². The van der Waals surface area contributed by atoms with Gasteiger partial charge in [-0.15, -0.1) is 5.10 Å². The van der Waals surface area contributed by atoms with Gasteiger partial charge in [0.15, 0.2) is 11.5 Å². The molecule has 1 aliphatic rings. The van der Waals surface area contributed by atoms with Crippen molar-refractivity contribution in [1.82, 2.24) is 10.2 Å². The number of allylic oxidation sites excluding steroid dienone is 1.